The fourth-order valence-corrected chi connectivity index (χ4v) is 4.69. The minimum Gasteiger partial charge on any atom is -0.496 e. The monoisotopic (exact) mass is 415 g/mol. The number of anilines is 1. The highest BCUT2D eigenvalue weighted by Gasteiger charge is 2.31. The molecule has 0 unspecified atom stereocenters. The van der Waals surface area contributed by atoms with Crippen molar-refractivity contribution in [2.45, 2.75) is 31.3 Å². The van der Waals surface area contributed by atoms with Gasteiger partial charge in [0.05, 0.1) is 24.4 Å². The molecule has 152 valence electrons. The summed E-state index contributed by atoms with van der Waals surface area (Å²) in [4.78, 5) is 17.5. The molecule has 1 aliphatic carbocycles. The Morgan fingerprint density at radius 3 is 2.59 bits per heavy atom. The Morgan fingerprint density at radius 1 is 1.14 bits per heavy atom. The number of hydrogen-bond donors (Lipinski definition) is 2. The van der Waals surface area contributed by atoms with Gasteiger partial charge in [-0.2, -0.15) is 0 Å². The van der Waals surface area contributed by atoms with Crippen molar-refractivity contribution >= 4 is 32.6 Å². The smallest absolute Gasteiger partial charge is 0.259 e. The van der Waals surface area contributed by atoms with Crippen LogP contribution in [0, 0.1) is 5.82 Å². The molecule has 8 heteroatoms. The standard InChI is InChI=1S/C21H22FN3O3S/c1-27-16-7-4-8-17(28-2)19(16)20(26)23-13-5-3-6-14(13)24-21-25-15-10-9-12(22)11-18(15)29-21/h4,7-11,13-14H,3,5-6H2,1-2H3,(H,23,26)(H,24,25)/t13-,14-/m1/s1. The summed E-state index contributed by atoms with van der Waals surface area (Å²) >= 11 is 1.41. The summed E-state index contributed by atoms with van der Waals surface area (Å²) in [7, 11) is 3.06. The van der Waals surface area contributed by atoms with Crippen molar-refractivity contribution in [2.24, 2.45) is 0 Å². The third-order valence-corrected chi connectivity index (χ3v) is 6.10. The van der Waals surface area contributed by atoms with Crippen molar-refractivity contribution in [2.75, 3.05) is 19.5 Å². The molecule has 2 N–H and O–H groups in total. The molecule has 0 saturated heterocycles. The van der Waals surface area contributed by atoms with Crippen LogP contribution in [-0.2, 0) is 0 Å². The molecule has 2 aromatic carbocycles. The zero-order chi connectivity index (χ0) is 20.4. The van der Waals surface area contributed by atoms with Crippen molar-refractivity contribution in [3.8, 4) is 11.5 Å². The lowest BCUT2D eigenvalue weighted by Crippen LogP contribution is -2.43. The molecule has 1 heterocycles. The summed E-state index contributed by atoms with van der Waals surface area (Å²) in [6, 6.07) is 9.82. The molecule has 1 aliphatic rings. The molecule has 1 aromatic heterocycles. The quantitative estimate of drug-likeness (QED) is 0.631. The lowest BCUT2D eigenvalue weighted by molar-refractivity contribution is 0.0929. The lowest BCUT2D eigenvalue weighted by Gasteiger charge is -2.23. The van der Waals surface area contributed by atoms with E-state index in [0.717, 1.165) is 34.6 Å². The number of ether oxygens (including phenoxy) is 2. The fourth-order valence-electron chi connectivity index (χ4n) is 3.74. The summed E-state index contributed by atoms with van der Waals surface area (Å²) in [5, 5.41) is 7.26. The molecule has 29 heavy (non-hydrogen) atoms. The van der Waals surface area contributed by atoms with Gasteiger partial charge in [-0.3, -0.25) is 4.79 Å². The predicted molar refractivity (Wildman–Crippen MR) is 112 cm³/mol. The number of thiazole rings is 1. The maximum absolute atomic E-state index is 13.4. The molecule has 2 atom stereocenters. The highest BCUT2D eigenvalue weighted by atomic mass is 32.1. The number of benzene rings is 2. The molecule has 0 spiro atoms. The van der Waals surface area contributed by atoms with Crippen LogP contribution in [0.15, 0.2) is 36.4 Å². The average molecular weight is 415 g/mol. The van der Waals surface area contributed by atoms with Crippen molar-refractivity contribution in [3.05, 3.63) is 47.8 Å². The van der Waals surface area contributed by atoms with E-state index in [0.29, 0.717) is 17.1 Å². The number of fused-ring (bicyclic) bond motifs is 1. The van der Waals surface area contributed by atoms with Gasteiger partial charge in [0.2, 0.25) is 0 Å². The van der Waals surface area contributed by atoms with E-state index in [4.69, 9.17) is 9.47 Å². The Bertz CT molecular complexity index is 1020. The van der Waals surface area contributed by atoms with E-state index in [1.165, 1.54) is 37.7 Å². The first-order valence-corrected chi connectivity index (χ1v) is 10.2. The van der Waals surface area contributed by atoms with Gasteiger partial charge in [-0.15, -0.1) is 0 Å². The Morgan fingerprint density at radius 2 is 1.86 bits per heavy atom. The number of carbonyl (C=O) groups is 1. The van der Waals surface area contributed by atoms with Crippen LogP contribution in [0.5, 0.6) is 11.5 Å². The van der Waals surface area contributed by atoms with Gasteiger partial charge in [-0.05, 0) is 49.6 Å². The maximum atomic E-state index is 13.4. The second-order valence-corrected chi connectivity index (χ2v) is 7.96. The van der Waals surface area contributed by atoms with Crippen LogP contribution in [0.2, 0.25) is 0 Å². The number of carbonyl (C=O) groups excluding carboxylic acids is 1. The highest BCUT2D eigenvalue weighted by Crippen LogP contribution is 2.32. The first kappa shape index (κ1) is 19.4. The minimum atomic E-state index is -0.274. The summed E-state index contributed by atoms with van der Waals surface area (Å²) in [5.41, 5.74) is 1.15. The van der Waals surface area contributed by atoms with E-state index >= 15 is 0 Å². The SMILES string of the molecule is COc1cccc(OC)c1C(=O)N[C@@H]1CCC[C@H]1Nc1nc2ccc(F)cc2s1. The van der Waals surface area contributed by atoms with Gasteiger partial charge in [0.1, 0.15) is 22.9 Å². The van der Waals surface area contributed by atoms with Crippen LogP contribution >= 0.6 is 11.3 Å². The summed E-state index contributed by atoms with van der Waals surface area (Å²) in [6.45, 7) is 0. The first-order chi connectivity index (χ1) is 14.1. The van der Waals surface area contributed by atoms with Crippen LogP contribution in [0.3, 0.4) is 0 Å². The van der Waals surface area contributed by atoms with E-state index < -0.39 is 0 Å². The first-order valence-electron chi connectivity index (χ1n) is 9.43. The number of nitrogens with one attached hydrogen (secondary N) is 2. The van der Waals surface area contributed by atoms with Crippen LogP contribution in [-0.4, -0.2) is 37.2 Å². The third-order valence-electron chi connectivity index (χ3n) is 5.15. The van der Waals surface area contributed by atoms with Gasteiger partial charge in [-0.1, -0.05) is 17.4 Å². The van der Waals surface area contributed by atoms with Gasteiger partial charge in [0, 0.05) is 12.1 Å². The average Bonchev–Trinajstić information content (AvgIpc) is 3.33. The largest absolute Gasteiger partial charge is 0.496 e. The molecular formula is C21H22FN3O3S. The Hall–Kier alpha value is -2.87. The number of aromatic nitrogens is 1. The van der Waals surface area contributed by atoms with Gasteiger partial charge >= 0.3 is 0 Å². The van der Waals surface area contributed by atoms with Crippen molar-refractivity contribution in [1.82, 2.24) is 10.3 Å². The van der Waals surface area contributed by atoms with Crippen LogP contribution in [0.4, 0.5) is 9.52 Å². The Balaban J connectivity index is 1.51. The predicted octanol–water partition coefficient (Wildman–Crippen LogP) is 4.22. The van der Waals surface area contributed by atoms with Crippen molar-refractivity contribution in [3.63, 3.8) is 0 Å². The molecule has 0 aliphatic heterocycles. The highest BCUT2D eigenvalue weighted by molar-refractivity contribution is 7.22. The van der Waals surface area contributed by atoms with Crippen molar-refractivity contribution in [1.29, 1.82) is 0 Å². The molecule has 1 saturated carbocycles. The zero-order valence-corrected chi connectivity index (χ0v) is 17.0. The molecule has 4 rings (SSSR count). The summed E-state index contributed by atoms with van der Waals surface area (Å²) < 4.78 is 24.9. The van der Waals surface area contributed by atoms with E-state index in [-0.39, 0.29) is 23.8 Å². The Labute approximate surface area is 172 Å². The van der Waals surface area contributed by atoms with Gasteiger partial charge in [-0.25, -0.2) is 9.37 Å². The molecular weight excluding hydrogens is 393 g/mol. The number of nitrogens with zero attached hydrogens (tertiary/aromatic N) is 1. The fraction of sp³-hybridized carbons (Fsp3) is 0.333. The topological polar surface area (TPSA) is 72.5 Å². The van der Waals surface area contributed by atoms with Crippen LogP contribution in [0.1, 0.15) is 29.6 Å². The lowest BCUT2D eigenvalue weighted by atomic mass is 10.1. The van der Waals surface area contributed by atoms with Crippen LogP contribution in [0.25, 0.3) is 10.2 Å². The number of rotatable bonds is 6. The van der Waals surface area contributed by atoms with Crippen molar-refractivity contribution < 1.29 is 18.7 Å². The third kappa shape index (κ3) is 3.98. The molecule has 1 fully saturated rings. The molecule has 6 nitrogen and oxygen atoms in total. The maximum Gasteiger partial charge on any atom is 0.259 e. The summed E-state index contributed by atoms with van der Waals surface area (Å²) in [6.07, 6.45) is 2.77. The number of hydrogen-bond acceptors (Lipinski definition) is 6. The normalized spacial score (nSPS) is 18.6. The molecule has 0 bridgehead atoms. The van der Waals surface area contributed by atoms with Gasteiger partial charge in [0.25, 0.3) is 5.91 Å². The second-order valence-electron chi connectivity index (χ2n) is 6.93. The second kappa shape index (κ2) is 8.24. The zero-order valence-electron chi connectivity index (χ0n) is 16.2. The van der Waals surface area contributed by atoms with Gasteiger partial charge in [0.15, 0.2) is 5.13 Å². The van der Waals surface area contributed by atoms with E-state index in [1.54, 1.807) is 24.3 Å². The number of methoxy groups -OCH3 is 2. The molecule has 1 amide bonds. The van der Waals surface area contributed by atoms with E-state index in [1.807, 2.05) is 0 Å². The van der Waals surface area contributed by atoms with E-state index in [9.17, 15) is 9.18 Å². The van der Waals surface area contributed by atoms with E-state index in [2.05, 4.69) is 15.6 Å². The number of amides is 1. The van der Waals surface area contributed by atoms with Gasteiger partial charge < -0.3 is 20.1 Å². The number of halogens is 1. The summed E-state index contributed by atoms with van der Waals surface area (Å²) in [5.74, 6) is 0.434. The molecule has 0 radical (unpaired) electrons. The Kier molecular flexibility index (Phi) is 5.53. The van der Waals surface area contributed by atoms with Crippen LogP contribution < -0.4 is 20.1 Å². The minimum absolute atomic E-state index is 0.0464. The molecule has 3 aromatic rings.